The van der Waals surface area contributed by atoms with Crippen molar-refractivity contribution in [3.63, 3.8) is 0 Å². The fourth-order valence-electron chi connectivity index (χ4n) is 3.73. The molecule has 0 radical (unpaired) electrons. The Labute approximate surface area is 125 Å². The van der Waals surface area contributed by atoms with Crippen LogP contribution in [0, 0.1) is 5.92 Å². The molecule has 0 unspecified atom stereocenters. The third-order valence-electron chi connectivity index (χ3n) is 5.10. The molecule has 3 nitrogen and oxygen atoms in total. The van der Waals surface area contributed by atoms with Crippen LogP contribution >= 0.6 is 0 Å². The predicted molar refractivity (Wildman–Crippen MR) is 87.0 cm³/mol. The van der Waals surface area contributed by atoms with Crippen molar-refractivity contribution in [2.24, 2.45) is 11.7 Å². The van der Waals surface area contributed by atoms with Gasteiger partial charge in [-0.3, -0.25) is 0 Å². The number of hydrogen-bond acceptors (Lipinski definition) is 3. The van der Waals surface area contributed by atoms with Crippen molar-refractivity contribution < 1.29 is 0 Å². The molecule has 2 aliphatic heterocycles. The minimum absolute atomic E-state index is 0.866. The standard InChI is InChI=1S/C17H35N3/c18-10-4-2-1-3-5-11-19-14-8-17(9-15-19)16-20-12-6-7-13-20/h17H,1-16,18H2. The first-order valence-corrected chi connectivity index (χ1v) is 9.03. The smallest absolute Gasteiger partial charge is 0.00106 e. The number of hydrogen-bond donors (Lipinski definition) is 1. The lowest BCUT2D eigenvalue weighted by Gasteiger charge is -2.33. The quantitative estimate of drug-likeness (QED) is 0.660. The van der Waals surface area contributed by atoms with Crippen LogP contribution in [-0.2, 0) is 0 Å². The second-order valence-electron chi connectivity index (χ2n) is 6.85. The molecule has 20 heavy (non-hydrogen) atoms. The van der Waals surface area contributed by atoms with Gasteiger partial charge in [-0.05, 0) is 83.7 Å². The highest BCUT2D eigenvalue weighted by atomic mass is 15.2. The molecular formula is C17H35N3. The summed E-state index contributed by atoms with van der Waals surface area (Å²) in [4.78, 5) is 5.39. The zero-order valence-electron chi connectivity index (χ0n) is 13.4. The summed E-state index contributed by atoms with van der Waals surface area (Å²) < 4.78 is 0. The van der Waals surface area contributed by atoms with Gasteiger partial charge in [0.25, 0.3) is 0 Å². The Hall–Kier alpha value is -0.120. The highest BCUT2D eigenvalue weighted by Crippen LogP contribution is 2.21. The van der Waals surface area contributed by atoms with Gasteiger partial charge in [0, 0.05) is 6.54 Å². The van der Waals surface area contributed by atoms with E-state index in [4.69, 9.17) is 5.73 Å². The summed E-state index contributed by atoms with van der Waals surface area (Å²) in [7, 11) is 0. The Kier molecular flexibility index (Phi) is 7.92. The van der Waals surface area contributed by atoms with Gasteiger partial charge in [0.15, 0.2) is 0 Å². The number of rotatable bonds is 9. The van der Waals surface area contributed by atoms with Gasteiger partial charge in [0.05, 0.1) is 0 Å². The van der Waals surface area contributed by atoms with Crippen LogP contribution in [0.1, 0.15) is 57.8 Å². The molecule has 0 aromatic carbocycles. The van der Waals surface area contributed by atoms with E-state index in [0.717, 1.165) is 12.5 Å². The summed E-state index contributed by atoms with van der Waals surface area (Å²) in [6, 6.07) is 0. The van der Waals surface area contributed by atoms with E-state index in [1.807, 2.05) is 0 Å². The highest BCUT2D eigenvalue weighted by Gasteiger charge is 2.22. The first kappa shape index (κ1) is 16.3. The van der Waals surface area contributed by atoms with Crippen molar-refractivity contribution in [1.82, 2.24) is 9.80 Å². The second-order valence-corrected chi connectivity index (χ2v) is 6.85. The molecule has 2 saturated heterocycles. The average molecular weight is 281 g/mol. The van der Waals surface area contributed by atoms with Gasteiger partial charge < -0.3 is 15.5 Å². The number of piperidine rings is 1. The molecule has 2 aliphatic rings. The largest absolute Gasteiger partial charge is 0.330 e. The lowest BCUT2D eigenvalue weighted by Crippen LogP contribution is -2.38. The third-order valence-corrected chi connectivity index (χ3v) is 5.10. The maximum Gasteiger partial charge on any atom is 0.00106 e. The van der Waals surface area contributed by atoms with E-state index in [2.05, 4.69) is 9.80 Å². The molecule has 0 aromatic heterocycles. The molecule has 118 valence electrons. The Bertz CT molecular complexity index is 230. The fraction of sp³-hybridized carbons (Fsp3) is 1.00. The third kappa shape index (κ3) is 6.11. The van der Waals surface area contributed by atoms with Gasteiger partial charge >= 0.3 is 0 Å². The van der Waals surface area contributed by atoms with E-state index >= 15 is 0 Å². The van der Waals surface area contributed by atoms with Gasteiger partial charge in [0.2, 0.25) is 0 Å². The van der Waals surface area contributed by atoms with E-state index in [1.165, 1.54) is 97.1 Å². The highest BCUT2D eigenvalue weighted by molar-refractivity contribution is 4.77. The predicted octanol–water partition coefficient (Wildman–Crippen LogP) is 2.70. The van der Waals surface area contributed by atoms with Crippen LogP contribution in [-0.4, -0.2) is 55.6 Å². The molecule has 2 heterocycles. The summed E-state index contributed by atoms with van der Waals surface area (Å²) in [5.74, 6) is 0.980. The summed E-state index contributed by atoms with van der Waals surface area (Å²) in [6.45, 7) is 9.01. The number of likely N-dealkylation sites (tertiary alicyclic amines) is 2. The Morgan fingerprint density at radius 3 is 2.10 bits per heavy atom. The van der Waals surface area contributed by atoms with Crippen LogP contribution in [0.4, 0.5) is 0 Å². The maximum absolute atomic E-state index is 5.52. The zero-order chi connectivity index (χ0) is 14.0. The first-order valence-electron chi connectivity index (χ1n) is 9.03. The number of nitrogens with zero attached hydrogens (tertiary/aromatic N) is 2. The van der Waals surface area contributed by atoms with Crippen LogP contribution in [0.15, 0.2) is 0 Å². The summed E-state index contributed by atoms with van der Waals surface area (Å²) >= 11 is 0. The van der Waals surface area contributed by atoms with Crippen LogP contribution in [0.2, 0.25) is 0 Å². The lowest BCUT2D eigenvalue weighted by atomic mass is 9.96. The van der Waals surface area contributed by atoms with Gasteiger partial charge in [0.1, 0.15) is 0 Å². The van der Waals surface area contributed by atoms with Gasteiger partial charge in [-0.1, -0.05) is 19.3 Å². The molecular weight excluding hydrogens is 246 g/mol. The molecule has 0 saturated carbocycles. The molecule has 0 atom stereocenters. The van der Waals surface area contributed by atoms with E-state index in [0.29, 0.717) is 0 Å². The minimum Gasteiger partial charge on any atom is -0.330 e. The van der Waals surface area contributed by atoms with Crippen molar-refractivity contribution >= 4 is 0 Å². The molecule has 2 rings (SSSR count). The molecule has 0 bridgehead atoms. The monoisotopic (exact) mass is 281 g/mol. The topological polar surface area (TPSA) is 32.5 Å². The molecule has 3 heteroatoms. The van der Waals surface area contributed by atoms with E-state index < -0.39 is 0 Å². The van der Waals surface area contributed by atoms with E-state index in [9.17, 15) is 0 Å². The summed E-state index contributed by atoms with van der Waals surface area (Å²) in [5.41, 5.74) is 5.52. The average Bonchev–Trinajstić information content (AvgIpc) is 2.97. The Morgan fingerprint density at radius 2 is 1.40 bits per heavy atom. The normalized spacial score (nSPS) is 22.6. The molecule has 2 N–H and O–H groups in total. The van der Waals surface area contributed by atoms with Crippen LogP contribution in [0.3, 0.4) is 0 Å². The SMILES string of the molecule is NCCCCCCCN1CCC(CN2CCCC2)CC1. The van der Waals surface area contributed by atoms with E-state index in [-0.39, 0.29) is 0 Å². The lowest BCUT2D eigenvalue weighted by molar-refractivity contribution is 0.152. The van der Waals surface area contributed by atoms with E-state index in [1.54, 1.807) is 0 Å². The Balaban J connectivity index is 1.46. The van der Waals surface area contributed by atoms with Crippen molar-refractivity contribution in [1.29, 1.82) is 0 Å². The van der Waals surface area contributed by atoms with Gasteiger partial charge in [-0.15, -0.1) is 0 Å². The fourth-order valence-corrected chi connectivity index (χ4v) is 3.73. The summed E-state index contributed by atoms with van der Waals surface area (Å²) in [6.07, 6.45) is 12.4. The van der Waals surface area contributed by atoms with Crippen LogP contribution in [0.25, 0.3) is 0 Å². The Morgan fingerprint density at radius 1 is 0.750 bits per heavy atom. The molecule has 0 spiro atoms. The second kappa shape index (κ2) is 9.75. The molecule has 0 aromatic rings. The number of unbranched alkanes of at least 4 members (excludes halogenated alkanes) is 4. The molecule has 0 aliphatic carbocycles. The van der Waals surface area contributed by atoms with Crippen LogP contribution < -0.4 is 5.73 Å². The van der Waals surface area contributed by atoms with Crippen molar-refractivity contribution in [3.8, 4) is 0 Å². The minimum atomic E-state index is 0.866. The van der Waals surface area contributed by atoms with Crippen molar-refractivity contribution in [2.45, 2.75) is 57.8 Å². The molecule has 2 fully saturated rings. The summed E-state index contributed by atoms with van der Waals surface area (Å²) in [5, 5.41) is 0. The number of nitrogens with two attached hydrogens (primary N) is 1. The zero-order valence-corrected chi connectivity index (χ0v) is 13.4. The van der Waals surface area contributed by atoms with Crippen molar-refractivity contribution in [2.75, 3.05) is 45.8 Å². The van der Waals surface area contributed by atoms with Gasteiger partial charge in [-0.25, -0.2) is 0 Å². The maximum atomic E-state index is 5.52. The van der Waals surface area contributed by atoms with Crippen molar-refractivity contribution in [3.05, 3.63) is 0 Å². The van der Waals surface area contributed by atoms with Gasteiger partial charge in [-0.2, -0.15) is 0 Å². The molecule has 0 amide bonds. The first-order chi connectivity index (χ1) is 9.88. The van der Waals surface area contributed by atoms with Crippen LogP contribution in [0.5, 0.6) is 0 Å².